The van der Waals surface area contributed by atoms with Crippen molar-refractivity contribution in [2.24, 2.45) is 5.73 Å². The van der Waals surface area contributed by atoms with Crippen molar-refractivity contribution in [2.75, 3.05) is 6.54 Å². The largest absolute Gasteiger partial charge is 0.413 e. The van der Waals surface area contributed by atoms with E-state index < -0.39 is 8.32 Å². The van der Waals surface area contributed by atoms with E-state index >= 15 is 0 Å². The van der Waals surface area contributed by atoms with Gasteiger partial charge in [0.2, 0.25) is 5.91 Å². The monoisotopic (exact) mass is 244 g/mol. The molecule has 0 spiro atoms. The van der Waals surface area contributed by atoms with Gasteiger partial charge in [0.1, 0.15) is 0 Å². The van der Waals surface area contributed by atoms with Crippen LogP contribution >= 0.6 is 0 Å². The summed E-state index contributed by atoms with van der Waals surface area (Å²) in [4.78, 5) is 11.0. The Bertz CT molecular complexity index is 274. The van der Waals surface area contributed by atoms with Gasteiger partial charge in [-0.2, -0.15) is 0 Å². The van der Waals surface area contributed by atoms with Crippen LogP contribution in [0.3, 0.4) is 0 Å². The molecule has 0 radical (unpaired) electrons. The van der Waals surface area contributed by atoms with Crippen molar-refractivity contribution in [3.05, 3.63) is 0 Å². The number of amides is 1. The zero-order valence-corrected chi connectivity index (χ0v) is 12.0. The normalized spacial score (nSPS) is 27.1. The molecular formula is C11H24N2O2Si. The minimum Gasteiger partial charge on any atom is -0.413 e. The molecule has 1 amide bonds. The zero-order chi connectivity index (χ0) is 12.6. The maximum absolute atomic E-state index is 11.0. The van der Waals surface area contributed by atoms with Crippen molar-refractivity contribution in [2.45, 2.75) is 57.5 Å². The zero-order valence-electron chi connectivity index (χ0n) is 11.0. The van der Waals surface area contributed by atoms with Gasteiger partial charge in [0.25, 0.3) is 0 Å². The molecular weight excluding hydrogens is 220 g/mol. The molecule has 94 valence electrons. The summed E-state index contributed by atoms with van der Waals surface area (Å²) in [6.07, 6.45) is 0.848. The highest BCUT2D eigenvalue weighted by Crippen LogP contribution is 2.38. The van der Waals surface area contributed by atoms with Gasteiger partial charge >= 0.3 is 0 Å². The molecule has 1 rings (SSSR count). The van der Waals surface area contributed by atoms with Crippen LogP contribution in [0.2, 0.25) is 18.1 Å². The quantitative estimate of drug-likeness (QED) is 0.734. The first kappa shape index (κ1) is 13.7. The first-order chi connectivity index (χ1) is 7.13. The van der Waals surface area contributed by atoms with Gasteiger partial charge in [-0.25, -0.2) is 0 Å². The number of hydrogen-bond acceptors (Lipinski definition) is 3. The highest BCUT2D eigenvalue weighted by atomic mass is 28.4. The molecule has 5 heteroatoms. The van der Waals surface area contributed by atoms with Crippen LogP contribution in [0.15, 0.2) is 0 Å². The average molecular weight is 244 g/mol. The summed E-state index contributed by atoms with van der Waals surface area (Å²) < 4.78 is 6.21. The van der Waals surface area contributed by atoms with E-state index in [4.69, 9.17) is 10.2 Å². The fraction of sp³-hybridized carbons (Fsp3) is 0.909. The molecule has 1 heterocycles. The van der Waals surface area contributed by atoms with Gasteiger partial charge in [0, 0.05) is 6.54 Å². The van der Waals surface area contributed by atoms with Gasteiger partial charge in [0.05, 0.1) is 12.1 Å². The van der Waals surface area contributed by atoms with Gasteiger partial charge in [-0.05, 0) is 24.6 Å². The molecule has 2 atom stereocenters. The van der Waals surface area contributed by atoms with Crippen molar-refractivity contribution in [3.63, 3.8) is 0 Å². The lowest BCUT2D eigenvalue weighted by Gasteiger charge is -2.38. The molecule has 0 aromatic heterocycles. The lowest BCUT2D eigenvalue weighted by Crippen LogP contribution is -2.44. The topological polar surface area (TPSA) is 64.3 Å². The Hall–Kier alpha value is -0.393. The SMILES string of the molecule is CC(C)(C)[Si](C)(C)OC1CNC(C(N)=O)C1. The fourth-order valence-electron chi connectivity index (χ4n) is 1.60. The Kier molecular flexibility index (Phi) is 3.82. The molecule has 0 aromatic rings. The van der Waals surface area contributed by atoms with Crippen LogP contribution in [0.4, 0.5) is 0 Å². The van der Waals surface area contributed by atoms with Crippen molar-refractivity contribution < 1.29 is 9.22 Å². The van der Waals surface area contributed by atoms with Crippen molar-refractivity contribution in [1.82, 2.24) is 5.32 Å². The predicted octanol–water partition coefficient (Wildman–Crippen LogP) is 1.22. The maximum atomic E-state index is 11.0. The van der Waals surface area contributed by atoms with Gasteiger partial charge < -0.3 is 15.5 Å². The minimum atomic E-state index is -1.73. The Morgan fingerprint density at radius 1 is 1.44 bits per heavy atom. The van der Waals surface area contributed by atoms with E-state index in [-0.39, 0.29) is 23.1 Å². The van der Waals surface area contributed by atoms with Crippen molar-refractivity contribution >= 4 is 14.2 Å². The van der Waals surface area contributed by atoms with Crippen LogP contribution in [-0.4, -0.2) is 32.9 Å². The predicted molar refractivity (Wildman–Crippen MR) is 67.7 cm³/mol. The molecule has 0 bridgehead atoms. The first-order valence-corrected chi connectivity index (χ1v) is 8.75. The number of rotatable bonds is 3. The van der Waals surface area contributed by atoms with Gasteiger partial charge in [-0.3, -0.25) is 4.79 Å². The smallest absolute Gasteiger partial charge is 0.234 e. The summed E-state index contributed by atoms with van der Waals surface area (Å²) in [5, 5.41) is 3.31. The summed E-state index contributed by atoms with van der Waals surface area (Å²) in [5.74, 6) is -0.277. The standard InChI is InChI=1S/C11H24N2O2Si/c1-11(2,3)16(4,5)15-8-6-9(10(12)14)13-7-8/h8-9,13H,6-7H2,1-5H3,(H2,12,14). The Morgan fingerprint density at radius 2 is 2.00 bits per heavy atom. The second-order valence-corrected chi connectivity index (χ2v) is 10.9. The molecule has 1 saturated heterocycles. The molecule has 16 heavy (non-hydrogen) atoms. The summed E-state index contributed by atoms with van der Waals surface area (Å²) in [6, 6.07) is -0.213. The van der Waals surface area contributed by atoms with Crippen LogP contribution in [0.5, 0.6) is 0 Å². The lowest BCUT2D eigenvalue weighted by molar-refractivity contribution is -0.119. The highest BCUT2D eigenvalue weighted by Gasteiger charge is 2.41. The fourth-order valence-corrected chi connectivity index (χ4v) is 2.97. The third kappa shape index (κ3) is 3.05. The first-order valence-electron chi connectivity index (χ1n) is 5.84. The third-order valence-corrected chi connectivity index (χ3v) is 8.24. The number of primary amides is 1. The molecule has 0 aliphatic carbocycles. The minimum absolute atomic E-state index is 0.137. The van der Waals surface area contributed by atoms with E-state index in [2.05, 4.69) is 39.2 Å². The van der Waals surface area contributed by atoms with Crippen molar-refractivity contribution in [1.29, 1.82) is 0 Å². The molecule has 2 unspecified atom stereocenters. The third-order valence-electron chi connectivity index (χ3n) is 3.70. The summed E-state index contributed by atoms with van der Waals surface area (Å²) in [7, 11) is -1.73. The molecule has 1 aliphatic rings. The Morgan fingerprint density at radius 3 is 2.38 bits per heavy atom. The van der Waals surface area contributed by atoms with Gasteiger partial charge in [-0.1, -0.05) is 20.8 Å². The molecule has 1 aliphatic heterocycles. The second-order valence-electron chi connectivity index (χ2n) is 6.10. The highest BCUT2D eigenvalue weighted by molar-refractivity contribution is 6.74. The summed E-state index contributed by atoms with van der Waals surface area (Å²) in [5.41, 5.74) is 5.26. The van der Waals surface area contributed by atoms with Crippen LogP contribution < -0.4 is 11.1 Å². The maximum Gasteiger partial charge on any atom is 0.234 e. The summed E-state index contributed by atoms with van der Waals surface area (Å²) >= 11 is 0. The van der Waals surface area contributed by atoms with Crippen LogP contribution in [-0.2, 0) is 9.22 Å². The number of nitrogens with two attached hydrogens (primary N) is 1. The second kappa shape index (κ2) is 4.47. The summed E-state index contributed by atoms with van der Waals surface area (Å²) in [6.45, 7) is 11.8. The van der Waals surface area contributed by atoms with Crippen LogP contribution in [0, 0.1) is 0 Å². The molecule has 0 aromatic carbocycles. The molecule has 3 N–H and O–H groups in total. The van der Waals surface area contributed by atoms with E-state index in [9.17, 15) is 4.79 Å². The molecule has 4 nitrogen and oxygen atoms in total. The van der Waals surface area contributed by atoms with E-state index in [0.29, 0.717) is 6.42 Å². The van der Waals surface area contributed by atoms with Crippen LogP contribution in [0.25, 0.3) is 0 Å². The van der Waals surface area contributed by atoms with E-state index in [0.717, 1.165) is 6.54 Å². The van der Waals surface area contributed by atoms with Crippen LogP contribution in [0.1, 0.15) is 27.2 Å². The van der Waals surface area contributed by atoms with Crippen molar-refractivity contribution in [3.8, 4) is 0 Å². The van der Waals surface area contributed by atoms with E-state index in [1.165, 1.54) is 0 Å². The average Bonchev–Trinajstić information content (AvgIpc) is 2.49. The van der Waals surface area contributed by atoms with E-state index in [1.807, 2.05) is 0 Å². The number of carbonyl (C=O) groups is 1. The van der Waals surface area contributed by atoms with E-state index in [1.54, 1.807) is 0 Å². The number of hydrogen-bond donors (Lipinski definition) is 2. The lowest BCUT2D eigenvalue weighted by atomic mass is 10.2. The molecule has 1 fully saturated rings. The van der Waals surface area contributed by atoms with Gasteiger partial charge in [0.15, 0.2) is 8.32 Å². The number of nitrogens with one attached hydrogen (secondary N) is 1. The Labute approximate surface area is 99.1 Å². The van der Waals surface area contributed by atoms with Gasteiger partial charge in [-0.15, -0.1) is 0 Å². The molecule has 0 saturated carbocycles. The number of carbonyl (C=O) groups excluding carboxylic acids is 1. The Balaban J connectivity index is 2.54.